The van der Waals surface area contributed by atoms with Crippen LogP contribution in [0.25, 0.3) is 0 Å². The van der Waals surface area contributed by atoms with Gasteiger partial charge in [-0.15, -0.1) is 5.10 Å². The number of aromatic nitrogens is 3. The maximum Gasteiger partial charge on any atom is 0.315 e. The summed E-state index contributed by atoms with van der Waals surface area (Å²) in [7, 11) is 0. The normalized spacial score (nSPS) is 21.8. The van der Waals surface area contributed by atoms with E-state index in [1.54, 1.807) is 4.68 Å². The van der Waals surface area contributed by atoms with E-state index in [1.165, 1.54) is 0 Å². The first-order chi connectivity index (χ1) is 15.4. The van der Waals surface area contributed by atoms with E-state index in [1.807, 2.05) is 31.8 Å². The van der Waals surface area contributed by atoms with Crippen LogP contribution >= 0.6 is 11.8 Å². The standard InChI is InChI=1S/C21H35N7O3S/c1-14(2)23-19(30)9-8-15-12-28(27-26-15)11-5-10-22-18(29)7-4-3-6-17-20-16(13-32-17)24-21(31)25-20/h12,14,16-17,20H,3-11,13H2,1-2H3,(H,22,29)(H,23,30)(H2,24,25,31)/t16-,17-,20-/m0/s1. The summed E-state index contributed by atoms with van der Waals surface area (Å²) in [5, 5.41) is 20.4. The monoisotopic (exact) mass is 465 g/mol. The molecule has 0 aromatic carbocycles. The topological polar surface area (TPSA) is 130 Å². The fraction of sp³-hybridized carbons (Fsp3) is 0.762. The highest BCUT2D eigenvalue weighted by Crippen LogP contribution is 2.33. The minimum absolute atomic E-state index is 0.0192. The predicted molar refractivity (Wildman–Crippen MR) is 123 cm³/mol. The molecule has 178 valence electrons. The first-order valence-corrected chi connectivity index (χ1v) is 12.6. The van der Waals surface area contributed by atoms with Crippen molar-refractivity contribution >= 4 is 29.6 Å². The van der Waals surface area contributed by atoms with Gasteiger partial charge in [-0.25, -0.2) is 4.79 Å². The van der Waals surface area contributed by atoms with Gasteiger partial charge in [-0.1, -0.05) is 11.6 Å². The number of carbonyl (C=O) groups is 3. The highest BCUT2D eigenvalue weighted by Gasteiger charge is 2.42. The molecule has 0 unspecified atom stereocenters. The van der Waals surface area contributed by atoms with Gasteiger partial charge in [0, 0.05) is 55.6 Å². The van der Waals surface area contributed by atoms with Crippen LogP contribution in [0.15, 0.2) is 6.20 Å². The van der Waals surface area contributed by atoms with E-state index in [9.17, 15) is 14.4 Å². The molecule has 1 aromatic rings. The van der Waals surface area contributed by atoms with E-state index in [0.717, 1.165) is 37.1 Å². The molecule has 2 aliphatic heterocycles. The molecule has 4 N–H and O–H groups in total. The lowest BCUT2D eigenvalue weighted by Crippen LogP contribution is -2.36. The van der Waals surface area contributed by atoms with Crippen molar-refractivity contribution in [1.82, 2.24) is 36.3 Å². The molecule has 3 rings (SSSR count). The van der Waals surface area contributed by atoms with Gasteiger partial charge in [0.2, 0.25) is 11.8 Å². The molecule has 32 heavy (non-hydrogen) atoms. The molecular formula is C21H35N7O3S. The van der Waals surface area contributed by atoms with Crippen molar-refractivity contribution < 1.29 is 14.4 Å². The van der Waals surface area contributed by atoms with Crippen LogP contribution in [0.4, 0.5) is 4.79 Å². The Hall–Kier alpha value is -2.30. The third kappa shape index (κ3) is 7.68. The third-order valence-electron chi connectivity index (χ3n) is 5.61. The summed E-state index contributed by atoms with van der Waals surface area (Å²) in [6.45, 7) is 5.15. The van der Waals surface area contributed by atoms with Crippen LogP contribution in [0, 0.1) is 0 Å². The number of urea groups is 1. The molecule has 0 saturated carbocycles. The fourth-order valence-corrected chi connectivity index (χ4v) is 5.57. The van der Waals surface area contributed by atoms with Crippen LogP contribution in [0.1, 0.15) is 58.1 Å². The van der Waals surface area contributed by atoms with Crippen molar-refractivity contribution in [2.75, 3.05) is 12.3 Å². The number of unbranched alkanes of at least 4 members (excludes halogenated alkanes) is 1. The summed E-state index contributed by atoms with van der Waals surface area (Å²) in [5.74, 6) is 1.06. The van der Waals surface area contributed by atoms with Crippen molar-refractivity contribution in [3.8, 4) is 0 Å². The number of rotatable bonds is 13. The number of hydrogen-bond donors (Lipinski definition) is 4. The van der Waals surface area contributed by atoms with Crippen molar-refractivity contribution in [2.24, 2.45) is 0 Å². The van der Waals surface area contributed by atoms with E-state index < -0.39 is 0 Å². The summed E-state index contributed by atoms with van der Waals surface area (Å²) < 4.78 is 1.75. The highest BCUT2D eigenvalue weighted by atomic mass is 32.2. The molecular weight excluding hydrogens is 430 g/mol. The van der Waals surface area contributed by atoms with Crippen LogP contribution in [0.5, 0.6) is 0 Å². The molecule has 10 nitrogen and oxygen atoms in total. The van der Waals surface area contributed by atoms with Gasteiger partial charge in [-0.3, -0.25) is 14.3 Å². The number of hydrogen-bond acceptors (Lipinski definition) is 6. The lowest BCUT2D eigenvalue weighted by atomic mass is 10.0. The first-order valence-electron chi connectivity index (χ1n) is 11.5. The number of fused-ring (bicyclic) bond motifs is 1. The van der Waals surface area contributed by atoms with Crippen LogP contribution in [0.2, 0.25) is 0 Å². The molecule has 4 amide bonds. The zero-order chi connectivity index (χ0) is 22.9. The van der Waals surface area contributed by atoms with Crippen LogP contribution in [-0.4, -0.2) is 68.5 Å². The molecule has 3 atom stereocenters. The average Bonchev–Trinajstić information content (AvgIpc) is 3.43. The van der Waals surface area contributed by atoms with Crippen molar-refractivity contribution in [2.45, 2.75) is 88.7 Å². The second-order valence-corrected chi connectivity index (χ2v) is 10.0. The molecule has 2 aliphatic rings. The maximum absolute atomic E-state index is 12.0. The Morgan fingerprint density at radius 2 is 2.06 bits per heavy atom. The van der Waals surface area contributed by atoms with Gasteiger partial charge in [0.25, 0.3) is 0 Å². The second kappa shape index (κ2) is 12.1. The SMILES string of the molecule is CC(C)NC(=O)CCc1cn(CCCNC(=O)CCCC[C@@H]2SC[C@@H]3NC(=O)N[C@@H]32)nn1. The minimum Gasteiger partial charge on any atom is -0.356 e. The van der Waals surface area contributed by atoms with Gasteiger partial charge < -0.3 is 21.3 Å². The number of thioether (sulfide) groups is 1. The van der Waals surface area contributed by atoms with Crippen molar-refractivity contribution in [1.29, 1.82) is 0 Å². The van der Waals surface area contributed by atoms with E-state index in [0.29, 0.717) is 37.6 Å². The zero-order valence-electron chi connectivity index (χ0n) is 18.9. The Labute approximate surface area is 193 Å². The summed E-state index contributed by atoms with van der Waals surface area (Å²) >= 11 is 1.91. The third-order valence-corrected chi connectivity index (χ3v) is 7.12. The second-order valence-electron chi connectivity index (χ2n) is 8.77. The van der Waals surface area contributed by atoms with Crippen LogP contribution in [0.3, 0.4) is 0 Å². The van der Waals surface area contributed by atoms with Crippen LogP contribution < -0.4 is 21.3 Å². The largest absolute Gasteiger partial charge is 0.356 e. The van der Waals surface area contributed by atoms with E-state index in [-0.39, 0.29) is 36.0 Å². The Bertz CT molecular complexity index is 785. The number of nitrogens with zero attached hydrogens (tertiary/aromatic N) is 3. The summed E-state index contributed by atoms with van der Waals surface area (Å²) in [6, 6.07) is 0.573. The Balaban J connectivity index is 1.20. The smallest absolute Gasteiger partial charge is 0.315 e. The van der Waals surface area contributed by atoms with Crippen LogP contribution in [-0.2, 0) is 22.6 Å². The molecule has 3 heterocycles. The van der Waals surface area contributed by atoms with Crippen molar-refractivity contribution in [3.05, 3.63) is 11.9 Å². The Morgan fingerprint density at radius 1 is 1.22 bits per heavy atom. The summed E-state index contributed by atoms with van der Waals surface area (Å²) in [6.07, 6.45) is 7.00. The first kappa shape index (κ1) is 24.3. The van der Waals surface area contributed by atoms with Gasteiger partial charge in [0.1, 0.15) is 0 Å². The quantitative estimate of drug-likeness (QED) is 0.254. The lowest BCUT2D eigenvalue weighted by molar-refractivity contribution is -0.122. The molecule has 11 heteroatoms. The Kier molecular flexibility index (Phi) is 9.19. The fourth-order valence-electron chi connectivity index (χ4n) is 4.03. The van der Waals surface area contributed by atoms with E-state index in [4.69, 9.17) is 0 Å². The molecule has 0 aliphatic carbocycles. The molecule has 0 spiro atoms. The van der Waals surface area contributed by atoms with Gasteiger partial charge in [0.05, 0.1) is 17.8 Å². The van der Waals surface area contributed by atoms with E-state index in [2.05, 4.69) is 31.6 Å². The minimum atomic E-state index is -0.0548. The summed E-state index contributed by atoms with van der Waals surface area (Å²) in [4.78, 5) is 35.2. The lowest BCUT2D eigenvalue weighted by Gasteiger charge is -2.16. The average molecular weight is 466 g/mol. The maximum atomic E-state index is 12.0. The van der Waals surface area contributed by atoms with Gasteiger partial charge in [-0.2, -0.15) is 11.8 Å². The highest BCUT2D eigenvalue weighted by molar-refractivity contribution is 8.00. The number of carbonyl (C=O) groups excluding carboxylic acids is 3. The van der Waals surface area contributed by atoms with Gasteiger partial charge in [-0.05, 0) is 33.1 Å². The predicted octanol–water partition coefficient (Wildman–Crippen LogP) is 0.967. The van der Waals surface area contributed by atoms with Crippen molar-refractivity contribution in [3.63, 3.8) is 0 Å². The molecule has 0 radical (unpaired) electrons. The number of aryl methyl sites for hydroxylation is 2. The molecule has 0 bridgehead atoms. The van der Waals surface area contributed by atoms with E-state index >= 15 is 0 Å². The molecule has 1 aromatic heterocycles. The summed E-state index contributed by atoms with van der Waals surface area (Å²) in [5.41, 5.74) is 0.799. The number of amides is 4. The molecule has 2 saturated heterocycles. The Morgan fingerprint density at radius 3 is 2.88 bits per heavy atom. The zero-order valence-corrected chi connectivity index (χ0v) is 19.7. The van der Waals surface area contributed by atoms with Gasteiger partial charge in [0.15, 0.2) is 0 Å². The molecule has 2 fully saturated rings. The number of nitrogens with one attached hydrogen (secondary N) is 4. The van der Waals surface area contributed by atoms with Gasteiger partial charge >= 0.3 is 6.03 Å².